The normalized spacial score (nSPS) is 12.1. The molecular weight excluding hydrogens is 456 g/mol. The van der Waals surface area contributed by atoms with E-state index in [1.165, 1.54) is 0 Å². The average Bonchev–Trinajstić information content (AvgIpc) is 2.76. The number of anilines is 2. The molecule has 0 aliphatic carbocycles. The van der Waals surface area contributed by atoms with Crippen LogP contribution in [-0.4, -0.2) is 57.8 Å². The van der Waals surface area contributed by atoms with E-state index in [0.717, 1.165) is 21.6 Å². The predicted molar refractivity (Wildman–Crippen MR) is 125 cm³/mol. The van der Waals surface area contributed by atoms with Crippen molar-refractivity contribution in [3.05, 3.63) is 60.7 Å². The molecule has 0 spiro atoms. The standard InChI is InChI=1S/C20H22N4O6S2/c25-17(26)15(23-19(29)21-13-7-3-1-4-8-13)11-31-32-12-16(18(27)28)24-20(30)22-14-9-5-2-6-10-14/h1-10,15-16H,11-12H2,(H,25,26)(H,27,28)(H2,21,23,29)(H2,22,24,30)/t15-,16-/m0/s1. The maximum absolute atomic E-state index is 12.0. The van der Waals surface area contributed by atoms with Crippen molar-refractivity contribution in [2.45, 2.75) is 12.1 Å². The van der Waals surface area contributed by atoms with Gasteiger partial charge >= 0.3 is 24.0 Å². The lowest BCUT2D eigenvalue weighted by Gasteiger charge is -2.16. The lowest BCUT2D eigenvalue weighted by atomic mass is 10.3. The van der Waals surface area contributed by atoms with Crippen LogP contribution in [0.1, 0.15) is 0 Å². The van der Waals surface area contributed by atoms with E-state index in [4.69, 9.17) is 0 Å². The van der Waals surface area contributed by atoms with Crippen LogP contribution in [0.15, 0.2) is 60.7 Å². The van der Waals surface area contributed by atoms with Crippen LogP contribution in [0.4, 0.5) is 21.0 Å². The van der Waals surface area contributed by atoms with Gasteiger partial charge in [-0.15, -0.1) is 0 Å². The molecule has 0 unspecified atom stereocenters. The summed E-state index contributed by atoms with van der Waals surface area (Å²) in [6.07, 6.45) is 0. The zero-order chi connectivity index (χ0) is 23.3. The lowest BCUT2D eigenvalue weighted by Crippen LogP contribution is -2.45. The summed E-state index contributed by atoms with van der Waals surface area (Å²) in [6.45, 7) is 0. The number of carboxylic acid groups (broad SMARTS) is 2. The number of hydrogen-bond acceptors (Lipinski definition) is 6. The van der Waals surface area contributed by atoms with Crippen molar-refractivity contribution < 1.29 is 29.4 Å². The summed E-state index contributed by atoms with van der Waals surface area (Å²) in [5.74, 6) is -2.47. The summed E-state index contributed by atoms with van der Waals surface area (Å²) in [6, 6.07) is 13.4. The maximum Gasteiger partial charge on any atom is 0.327 e. The molecule has 0 aliphatic heterocycles. The smallest absolute Gasteiger partial charge is 0.327 e. The Balaban J connectivity index is 1.76. The molecule has 6 N–H and O–H groups in total. The van der Waals surface area contributed by atoms with Crippen LogP contribution in [0, 0.1) is 0 Å². The number of para-hydroxylation sites is 2. The third kappa shape index (κ3) is 9.18. The number of amides is 4. The summed E-state index contributed by atoms with van der Waals surface area (Å²) in [5, 5.41) is 28.4. The van der Waals surface area contributed by atoms with E-state index in [9.17, 15) is 29.4 Å². The van der Waals surface area contributed by atoms with Gasteiger partial charge in [-0.3, -0.25) is 0 Å². The molecule has 32 heavy (non-hydrogen) atoms. The van der Waals surface area contributed by atoms with Gasteiger partial charge in [0.2, 0.25) is 0 Å². The van der Waals surface area contributed by atoms with Gasteiger partial charge in [-0.05, 0) is 24.3 Å². The zero-order valence-corrected chi connectivity index (χ0v) is 18.3. The minimum Gasteiger partial charge on any atom is -0.480 e. The van der Waals surface area contributed by atoms with Crippen LogP contribution < -0.4 is 21.3 Å². The quantitative estimate of drug-likeness (QED) is 0.213. The molecule has 0 heterocycles. The van der Waals surface area contributed by atoms with Gasteiger partial charge in [0.05, 0.1) is 0 Å². The van der Waals surface area contributed by atoms with Crippen LogP contribution in [0.3, 0.4) is 0 Å². The Hall–Kier alpha value is -3.38. The molecule has 12 heteroatoms. The van der Waals surface area contributed by atoms with Crippen molar-refractivity contribution in [2.75, 3.05) is 22.1 Å². The Kier molecular flexibility index (Phi) is 10.2. The molecule has 2 atom stereocenters. The van der Waals surface area contributed by atoms with Gasteiger partial charge in [-0.1, -0.05) is 58.0 Å². The fourth-order valence-corrected chi connectivity index (χ4v) is 4.59. The van der Waals surface area contributed by atoms with Crippen molar-refractivity contribution in [1.82, 2.24) is 10.6 Å². The van der Waals surface area contributed by atoms with E-state index in [1.807, 2.05) is 0 Å². The molecule has 2 aromatic carbocycles. The first-order valence-electron chi connectivity index (χ1n) is 9.30. The Morgan fingerprint density at radius 1 is 0.656 bits per heavy atom. The summed E-state index contributed by atoms with van der Waals surface area (Å²) in [5.41, 5.74) is 1.03. The monoisotopic (exact) mass is 478 g/mol. The molecule has 0 fully saturated rings. The van der Waals surface area contributed by atoms with E-state index in [0.29, 0.717) is 11.4 Å². The molecule has 2 aromatic rings. The van der Waals surface area contributed by atoms with Crippen molar-refractivity contribution in [2.24, 2.45) is 0 Å². The second kappa shape index (κ2) is 13.1. The molecule has 0 aliphatic rings. The Morgan fingerprint density at radius 2 is 1.00 bits per heavy atom. The van der Waals surface area contributed by atoms with Gasteiger partial charge in [-0.2, -0.15) is 0 Å². The van der Waals surface area contributed by atoms with Crippen LogP contribution in [-0.2, 0) is 9.59 Å². The van der Waals surface area contributed by atoms with Crippen molar-refractivity contribution in [3.63, 3.8) is 0 Å². The maximum atomic E-state index is 12.0. The van der Waals surface area contributed by atoms with Gasteiger partial charge in [0.25, 0.3) is 0 Å². The molecule has 0 radical (unpaired) electrons. The molecule has 0 saturated heterocycles. The highest BCUT2D eigenvalue weighted by molar-refractivity contribution is 8.76. The number of hydrogen-bond donors (Lipinski definition) is 6. The number of carbonyl (C=O) groups excluding carboxylic acids is 2. The lowest BCUT2D eigenvalue weighted by molar-refractivity contribution is -0.139. The van der Waals surface area contributed by atoms with Gasteiger partial charge < -0.3 is 31.5 Å². The highest BCUT2D eigenvalue weighted by Gasteiger charge is 2.23. The van der Waals surface area contributed by atoms with Gasteiger partial charge in [0.1, 0.15) is 12.1 Å². The second-order valence-corrected chi connectivity index (χ2v) is 8.83. The summed E-state index contributed by atoms with van der Waals surface area (Å²) in [4.78, 5) is 46.8. The Morgan fingerprint density at radius 3 is 1.31 bits per heavy atom. The fraction of sp³-hybridized carbons (Fsp3) is 0.200. The van der Waals surface area contributed by atoms with E-state index in [1.54, 1.807) is 60.7 Å². The molecule has 170 valence electrons. The van der Waals surface area contributed by atoms with Crippen LogP contribution >= 0.6 is 21.6 Å². The number of rotatable bonds is 11. The minimum atomic E-state index is -1.23. The number of benzene rings is 2. The van der Waals surface area contributed by atoms with Crippen molar-refractivity contribution >= 4 is 57.0 Å². The average molecular weight is 479 g/mol. The van der Waals surface area contributed by atoms with Crippen LogP contribution in [0.25, 0.3) is 0 Å². The topological polar surface area (TPSA) is 157 Å². The van der Waals surface area contributed by atoms with Gasteiger partial charge in [0, 0.05) is 22.9 Å². The van der Waals surface area contributed by atoms with Crippen molar-refractivity contribution in [1.29, 1.82) is 0 Å². The van der Waals surface area contributed by atoms with E-state index in [-0.39, 0.29) is 11.5 Å². The molecule has 0 bridgehead atoms. The zero-order valence-electron chi connectivity index (χ0n) is 16.7. The third-order valence-corrected chi connectivity index (χ3v) is 6.24. The minimum absolute atomic E-state index is 0.00917. The first-order valence-corrected chi connectivity index (χ1v) is 11.8. The van der Waals surface area contributed by atoms with Gasteiger partial charge in [-0.25, -0.2) is 19.2 Å². The fourth-order valence-electron chi connectivity index (χ4n) is 2.28. The summed E-state index contributed by atoms with van der Waals surface area (Å²) < 4.78 is 0. The Labute approximate surface area is 191 Å². The number of aliphatic carboxylic acids is 2. The largest absolute Gasteiger partial charge is 0.480 e. The molecular formula is C20H22N4O6S2. The highest BCUT2D eigenvalue weighted by Crippen LogP contribution is 2.23. The summed E-state index contributed by atoms with van der Waals surface area (Å²) >= 11 is 0. The third-order valence-electron chi connectivity index (χ3n) is 3.82. The van der Waals surface area contributed by atoms with Crippen LogP contribution in [0.5, 0.6) is 0 Å². The van der Waals surface area contributed by atoms with Crippen LogP contribution in [0.2, 0.25) is 0 Å². The molecule has 0 aromatic heterocycles. The Bertz CT molecular complexity index is 841. The number of urea groups is 2. The van der Waals surface area contributed by atoms with Crippen molar-refractivity contribution in [3.8, 4) is 0 Å². The van der Waals surface area contributed by atoms with E-state index in [2.05, 4.69) is 21.3 Å². The first kappa shape index (κ1) is 24.9. The number of carboxylic acids is 2. The first-order chi connectivity index (χ1) is 15.3. The molecule has 4 amide bonds. The van der Waals surface area contributed by atoms with E-state index >= 15 is 0 Å². The summed E-state index contributed by atoms with van der Waals surface area (Å²) in [7, 11) is 2.15. The number of nitrogens with one attached hydrogen (secondary N) is 4. The van der Waals surface area contributed by atoms with E-state index < -0.39 is 36.1 Å². The SMILES string of the molecule is O=C(Nc1ccccc1)N[C@@H](CSSC[C@H](NC(=O)Nc1ccccc1)C(=O)O)C(=O)O. The van der Waals surface area contributed by atoms with Gasteiger partial charge in [0.15, 0.2) is 0 Å². The molecule has 10 nitrogen and oxygen atoms in total. The number of carbonyl (C=O) groups is 4. The highest BCUT2D eigenvalue weighted by atomic mass is 33.1. The molecule has 2 rings (SSSR count). The molecule has 0 saturated carbocycles. The predicted octanol–water partition coefficient (Wildman–Crippen LogP) is 2.92. The second-order valence-electron chi connectivity index (χ2n) is 6.28.